The van der Waals surface area contributed by atoms with Crippen LogP contribution in [0.4, 0.5) is 17.1 Å². The van der Waals surface area contributed by atoms with Crippen molar-refractivity contribution in [2.75, 3.05) is 10.6 Å². The van der Waals surface area contributed by atoms with Gasteiger partial charge in [-0.25, -0.2) is 0 Å². The zero-order chi connectivity index (χ0) is 24.6. The van der Waals surface area contributed by atoms with E-state index >= 15 is 0 Å². The summed E-state index contributed by atoms with van der Waals surface area (Å²) < 4.78 is 5.83. The van der Waals surface area contributed by atoms with Crippen molar-refractivity contribution in [3.05, 3.63) is 114 Å². The lowest BCUT2D eigenvalue weighted by Gasteiger charge is -2.16. The van der Waals surface area contributed by atoms with Crippen molar-refractivity contribution in [2.24, 2.45) is 4.99 Å². The summed E-state index contributed by atoms with van der Waals surface area (Å²) in [7, 11) is 0. The highest BCUT2D eigenvalue weighted by atomic mass is 16.5. The van der Waals surface area contributed by atoms with E-state index in [-0.39, 0.29) is 5.91 Å². The first-order valence-corrected chi connectivity index (χ1v) is 11.1. The van der Waals surface area contributed by atoms with Crippen LogP contribution in [0.25, 0.3) is 5.70 Å². The molecule has 0 saturated carbocycles. The van der Waals surface area contributed by atoms with E-state index in [1.807, 2.05) is 74.5 Å². The van der Waals surface area contributed by atoms with Crippen LogP contribution in [0.2, 0.25) is 0 Å². The summed E-state index contributed by atoms with van der Waals surface area (Å²) in [4.78, 5) is 21.1. The number of para-hydroxylation sites is 1. The summed E-state index contributed by atoms with van der Waals surface area (Å²) in [6.07, 6.45) is 3.32. The van der Waals surface area contributed by atoms with Crippen LogP contribution in [-0.2, 0) is 0 Å². The van der Waals surface area contributed by atoms with Crippen LogP contribution >= 0.6 is 0 Å². The quantitative estimate of drug-likeness (QED) is 0.269. The molecule has 0 aliphatic carbocycles. The summed E-state index contributed by atoms with van der Waals surface area (Å²) in [5.41, 5.74) is 5.70. The minimum atomic E-state index is -0.221. The molecule has 1 amide bonds. The van der Waals surface area contributed by atoms with Gasteiger partial charge < -0.3 is 15.4 Å². The maximum atomic E-state index is 13.0. The molecule has 4 aromatic rings. The van der Waals surface area contributed by atoms with Crippen molar-refractivity contribution in [3.63, 3.8) is 0 Å². The Kier molecular flexibility index (Phi) is 7.33. The van der Waals surface area contributed by atoms with E-state index in [1.165, 1.54) is 0 Å². The molecule has 0 fully saturated rings. The van der Waals surface area contributed by atoms with Gasteiger partial charge in [-0.05, 0) is 69.1 Å². The highest BCUT2D eigenvalue weighted by molar-refractivity contribution is 6.05. The van der Waals surface area contributed by atoms with Crippen LogP contribution in [0.3, 0.4) is 0 Å². The van der Waals surface area contributed by atoms with Gasteiger partial charge >= 0.3 is 0 Å². The van der Waals surface area contributed by atoms with E-state index in [0.29, 0.717) is 22.7 Å². The normalized spacial score (nSPS) is 10.2. The number of anilines is 2. The Labute approximate surface area is 205 Å². The lowest BCUT2D eigenvalue weighted by atomic mass is 10.1. The summed E-state index contributed by atoms with van der Waals surface area (Å²) in [6.45, 7) is 7.74. The summed E-state index contributed by atoms with van der Waals surface area (Å²) >= 11 is 0. The predicted molar refractivity (Wildman–Crippen MR) is 143 cm³/mol. The van der Waals surface area contributed by atoms with Gasteiger partial charge in [0.2, 0.25) is 0 Å². The van der Waals surface area contributed by atoms with E-state index in [0.717, 1.165) is 28.2 Å². The Bertz CT molecular complexity index is 1380. The van der Waals surface area contributed by atoms with Crippen LogP contribution in [0.5, 0.6) is 11.5 Å². The van der Waals surface area contributed by atoms with E-state index in [1.54, 1.807) is 36.7 Å². The van der Waals surface area contributed by atoms with Gasteiger partial charge in [0.1, 0.15) is 11.5 Å². The van der Waals surface area contributed by atoms with Crippen molar-refractivity contribution in [1.82, 2.24) is 4.98 Å². The Morgan fingerprint density at radius 3 is 2.29 bits per heavy atom. The molecule has 0 aliphatic heterocycles. The number of aliphatic imine (C=N–C) groups is 1. The van der Waals surface area contributed by atoms with Crippen molar-refractivity contribution >= 4 is 35.4 Å². The van der Waals surface area contributed by atoms with Gasteiger partial charge in [0, 0.05) is 46.7 Å². The number of hydrogen-bond acceptors (Lipinski definition) is 5. The van der Waals surface area contributed by atoms with E-state index in [4.69, 9.17) is 4.74 Å². The number of carbonyl (C=O) groups is 1. The molecule has 6 heteroatoms. The Morgan fingerprint density at radius 1 is 0.829 bits per heavy atom. The largest absolute Gasteiger partial charge is 0.457 e. The molecule has 0 saturated heterocycles. The fourth-order valence-electron chi connectivity index (χ4n) is 3.55. The van der Waals surface area contributed by atoms with Crippen LogP contribution in [0, 0.1) is 0 Å². The van der Waals surface area contributed by atoms with E-state index < -0.39 is 0 Å². The Hall–Kier alpha value is -4.71. The van der Waals surface area contributed by atoms with Gasteiger partial charge in [-0.15, -0.1) is 0 Å². The molecule has 0 aliphatic rings. The van der Waals surface area contributed by atoms with Crippen LogP contribution in [0.1, 0.15) is 29.8 Å². The second kappa shape index (κ2) is 10.9. The standard InChI is InChI=1S/C29H26N4O2/c1-20(2)28(26-12-4-5-13-27(26)30-3)32-22-9-6-8-21(18-22)29(34)33-23-10-7-11-25(19-23)35-24-14-16-31-17-15-24/h4-19,32H,3H2,1-2H3,(H,33,34). The number of benzene rings is 3. The minimum absolute atomic E-state index is 0.221. The first-order chi connectivity index (χ1) is 17.0. The van der Waals surface area contributed by atoms with Crippen molar-refractivity contribution in [1.29, 1.82) is 0 Å². The maximum absolute atomic E-state index is 13.0. The number of nitrogens with one attached hydrogen (secondary N) is 2. The highest BCUT2D eigenvalue weighted by Gasteiger charge is 2.12. The molecule has 3 aromatic carbocycles. The van der Waals surface area contributed by atoms with Gasteiger partial charge in [-0.2, -0.15) is 0 Å². The third-order valence-electron chi connectivity index (χ3n) is 5.22. The van der Waals surface area contributed by atoms with Crippen LogP contribution < -0.4 is 15.4 Å². The molecule has 0 radical (unpaired) electrons. The maximum Gasteiger partial charge on any atom is 0.255 e. The number of aromatic nitrogens is 1. The third-order valence-corrected chi connectivity index (χ3v) is 5.22. The molecule has 4 rings (SSSR count). The molecule has 0 atom stereocenters. The fraction of sp³-hybridized carbons (Fsp3) is 0.0690. The Morgan fingerprint density at radius 2 is 1.54 bits per heavy atom. The average Bonchev–Trinajstić information content (AvgIpc) is 2.88. The second-order valence-corrected chi connectivity index (χ2v) is 8.02. The number of nitrogens with zero attached hydrogens (tertiary/aromatic N) is 2. The number of allylic oxidation sites excluding steroid dienone is 1. The van der Waals surface area contributed by atoms with Crippen LogP contribution in [0.15, 0.2) is 108 Å². The number of pyridine rings is 1. The summed E-state index contributed by atoms with van der Waals surface area (Å²) in [6, 6.07) is 26.0. The number of ether oxygens (including phenoxy) is 1. The lowest BCUT2D eigenvalue weighted by molar-refractivity contribution is 0.102. The molecule has 174 valence electrons. The molecule has 6 nitrogen and oxygen atoms in total. The third kappa shape index (κ3) is 6.00. The predicted octanol–water partition coefficient (Wildman–Crippen LogP) is 7.32. The molecule has 0 spiro atoms. The molecule has 2 N–H and O–H groups in total. The number of carbonyl (C=O) groups excluding carboxylic acids is 1. The van der Waals surface area contributed by atoms with Gasteiger partial charge in [-0.1, -0.05) is 35.9 Å². The van der Waals surface area contributed by atoms with E-state index in [2.05, 4.69) is 27.3 Å². The first-order valence-electron chi connectivity index (χ1n) is 11.1. The van der Waals surface area contributed by atoms with Gasteiger partial charge in [-0.3, -0.25) is 14.8 Å². The molecule has 0 unspecified atom stereocenters. The Balaban J connectivity index is 1.51. The average molecular weight is 463 g/mol. The summed E-state index contributed by atoms with van der Waals surface area (Å²) in [5, 5.41) is 6.40. The monoisotopic (exact) mass is 462 g/mol. The van der Waals surface area contributed by atoms with Crippen molar-refractivity contribution < 1.29 is 9.53 Å². The number of rotatable bonds is 8. The molecule has 0 bridgehead atoms. The highest BCUT2D eigenvalue weighted by Crippen LogP contribution is 2.30. The first kappa shape index (κ1) is 23.4. The SMILES string of the molecule is C=Nc1ccccc1C(Nc1cccc(C(=O)Nc2cccc(Oc3ccncc3)c2)c1)=C(C)C. The molecule has 1 heterocycles. The summed E-state index contributed by atoms with van der Waals surface area (Å²) in [5.74, 6) is 1.07. The number of hydrogen-bond donors (Lipinski definition) is 2. The number of amides is 1. The van der Waals surface area contributed by atoms with Crippen LogP contribution in [-0.4, -0.2) is 17.6 Å². The zero-order valence-corrected chi connectivity index (χ0v) is 19.7. The zero-order valence-electron chi connectivity index (χ0n) is 19.7. The molecular formula is C29H26N4O2. The van der Waals surface area contributed by atoms with Crippen molar-refractivity contribution in [2.45, 2.75) is 13.8 Å². The molecule has 1 aromatic heterocycles. The topological polar surface area (TPSA) is 75.6 Å². The molecule has 35 heavy (non-hydrogen) atoms. The fourth-order valence-corrected chi connectivity index (χ4v) is 3.55. The van der Waals surface area contributed by atoms with E-state index in [9.17, 15) is 4.79 Å². The van der Waals surface area contributed by atoms with Crippen molar-refractivity contribution in [3.8, 4) is 11.5 Å². The smallest absolute Gasteiger partial charge is 0.255 e. The van der Waals surface area contributed by atoms with Gasteiger partial charge in [0.05, 0.1) is 5.69 Å². The molecular weight excluding hydrogens is 436 g/mol. The second-order valence-electron chi connectivity index (χ2n) is 8.02. The lowest BCUT2D eigenvalue weighted by Crippen LogP contribution is -2.12. The minimum Gasteiger partial charge on any atom is -0.457 e. The van der Waals surface area contributed by atoms with Gasteiger partial charge in [0.15, 0.2) is 0 Å². The van der Waals surface area contributed by atoms with Gasteiger partial charge in [0.25, 0.3) is 5.91 Å².